The van der Waals surface area contributed by atoms with E-state index in [4.69, 9.17) is 4.98 Å². The Balaban J connectivity index is 2.02. The lowest BCUT2D eigenvalue weighted by molar-refractivity contribution is -0.131. The van der Waals surface area contributed by atoms with Gasteiger partial charge >= 0.3 is 0 Å². The predicted octanol–water partition coefficient (Wildman–Crippen LogP) is 3.34. The van der Waals surface area contributed by atoms with Crippen LogP contribution in [0, 0.1) is 0 Å². The molecule has 1 aliphatic rings. The second-order valence-electron chi connectivity index (χ2n) is 6.93. The van der Waals surface area contributed by atoms with Crippen molar-refractivity contribution in [1.82, 2.24) is 14.5 Å². The third kappa shape index (κ3) is 2.43. The largest absolute Gasteiger partial charge is 0.337 e. The van der Waals surface area contributed by atoms with Crippen LogP contribution in [0.1, 0.15) is 38.9 Å². The van der Waals surface area contributed by atoms with E-state index in [2.05, 4.69) is 38.0 Å². The molecule has 1 aliphatic heterocycles. The van der Waals surface area contributed by atoms with Crippen LogP contribution in [0.3, 0.4) is 0 Å². The first kappa shape index (κ1) is 14.8. The van der Waals surface area contributed by atoms with Crippen molar-refractivity contribution in [2.45, 2.75) is 45.2 Å². The van der Waals surface area contributed by atoms with E-state index in [0.29, 0.717) is 6.42 Å². The minimum atomic E-state index is -0.138. The minimum Gasteiger partial charge on any atom is -0.337 e. The average Bonchev–Trinajstić information content (AvgIpc) is 3.00. The van der Waals surface area contributed by atoms with Crippen LogP contribution in [0.25, 0.3) is 11.0 Å². The zero-order valence-corrected chi connectivity index (χ0v) is 13.5. The molecule has 0 aliphatic carbocycles. The van der Waals surface area contributed by atoms with Gasteiger partial charge in [0.2, 0.25) is 5.91 Å². The van der Waals surface area contributed by atoms with Gasteiger partial charge in [0.1, 0.15) is 5.82 Å². The summed E-state index contributed by atoms with van der Waals surface area (Å²) in [4.78, 5) is 19.1. The van der Waals surface area contributed by atoms with Gasteiger partial charge in [-0.15, -0.1) is 6.58 Å². The molecule has 116 valence electrons. The molecule has 0 saturated carbocycles. The molecular formula is C18H23N3O. The molecule has 4 nitrogen and oxygen atoms in total. The number of rotatable bonds is 3. The molecule has 4 heteroatoms. The fourth-order valence-corrected chi connectivity index (χ4v) is 3.26. The van der Waals surface area contributed by atoms with Crippen LogP contribution in [0.4, 0.5) is 0 Å². The molecule has 0 radical (unpaired) electrons. The molecule has 1 amide bonds. The molecule has 0 N–H and O–H groups in total. The number of aromatic nitrogens is 2. The number of amides is 1. The summed E-state index contributed by atoms with van der Waals surface area (Å²) in [6, 6.07) is 8.12. The number of hydrogen-bond acceptors (Lipinski definition) is 2. The molecule has 2 heterocycles. The van der Waals surface area contributed by atoms with E-state index in [9.17, 15) is 4.79 Å². The molecule has 3 rings (SSSR count). The molecule has 1 atom stereocenters. The minimum absolute atomic E-state index is 0.138. The Hall–Kier alpha value is -2.10. The van der Waals surface area contributed by atoms with Gasteiger partial charge in [-0.1, -0.05) is 18.2 Å². The molecule has 1 aromatic heterocycles. The summed E-state index contributed by atoms with van der Waals surface area (Å²) in [6.07, 6.45) is 2.42. The Morgan fingerprint density at radius 3 is 2.73 bits per heavy atom. The zero-order valence-electron chi connectivity index (χ0n) is 13.5. The second kappa shape index (κ2) is 5.27. The number of imidazole rings is 1. The molecule has 22 heavy (non-hydrogen) atoms. The van der Waals surface area contributed by atoms with Gasteiger partial charge < -0.3 is 9.47 Å². The Bertz CT molecular complexity index is 723. The zero-order chi connectivity index (χ0) is 15.9. The van der Waals surface area contributed by atoms with Crippen molar-refractivity contribution in [2.24, 2.45) is 0 Å². The fourth-order valence-electron chi connectivity index (χ4n) is 3.26. The van der Waals surface area contributed by atoms with Crippen LogP contribution in [0.5, 0.6) is 0 Å². The highest BCUT2D eigenvalue weighted by Gasteiger charge is 2.38. The van der Waals surface area contributed by atoms with Crippen molar-refractivity contribution in [3.8, 4) is 0 Å². The number of carbonyl (C=O) groups excluding carboxylic acids is 1. The van der Waals surface area contributed by atoms with E-state index in [0.717, 1.165) is 29.9 Å². The van der Waals surface area contributed by atoms with Gasteiger partial charge in [0.05, 0.1) is 11.0 Å². The number of benzene rings is 1. The second-order valence-corrected chi connectivity index (χ2v) is 6.93. The van der Waals surface area contributed by atoms with Crippen LogP contribution in [-0.2, 0) is 11.3 Å². The van der Waals surface area contributed by atoms with Gasteiger partial charge in [0.25, 0.3) is 0 Å². The predicted molar refractivity (Wildman–Crippen MR) is 88.8 cm³/mol. The summed E-state index contributed by atoms with van der Waals surface area (Å²) < 4.78 is 2.19. The maximum Gasteiger partial charge on any atom is 0.223 e. The molecule has 1 aromatic carbocycles. The van der Waals surface area contributed by atoms with Crippen molar-refractivity contribution in [1.29, 1.82) is 0 Å². The van der Waals surface area contributed by atoms with Gasteiger partial charge in [0.15, 0.2) is 0 Å². The maximum atomic E-state index is 12.4. The summed E-state index contributed by atoms with van der Waals surface area (Å²) in [7, 11) is 0. The monoisotopic (exact) mass is 297 g/mol. The Kier molecular flexibility index (Phi) is 3.55. The number of fused-ring (bicyclic) bond motifs is 1. The van der Waals surface area contributed by atoms with Crippen LogP contribution < -0.4 is 0 Å². The van der Waals surface area contributed by atoms with Gasteiger partial charge in [-0.05, 0) is 32.9 Å². The quantitative estimate of drug-likeness (QED) is 0.815. The first-order valence-corrected chi connectivity index (χ1v) is 7.78. The van der Waals surface area contributed by atoms with E-state index in [-0.39, 0.29) is 17.4 Å². The first-order chi connectivity index (χ1) is 10.4. The van der Waals surface area contributed by atoms with E-state index < -0.39 is 0 Å². The Morgan fingerprint density at radius 2 is 2.09 bits per heavy atom. The van der Waals surface area contributed by atoms with Crippen molar-refractivity contribution >= 4 is 16.9 Å². The highest BCUT2D eigenvalue weighted by molar-refractivity contribution is 5.81. The van der Waals surface area contributed by atoms with E-state index in [1.807, 2.05) is 29.2 Å². The van der Waals surface area contributed by atoms with Crippen molar-refractivity contribution in [2.75, 3.05) is 6.54 Å². The lowest BCUT2D eigenvalue weighted by Gasteiger charge is -2.32. The number of likely N-dealkylation sites (tertiary alicyclic amines) is 1. The summed E-state index contributed by atoms with van der Waals surface area (Å²) in [5, 5.41) is 0. The first-order valence-electron chi connectivity index (χ1n) is 7.78. The number of carbonyl (C=O) groups is 1. The molecule has 1 fully saturated rings. The summed E-state index contributed by atoms with van der Waals surface area (Å²) in [5.74, 6) is 1.37. The molecule has 0 unspecified atom stereocenters. The van der Waals surface area contributed by atoms with E-state index in [1.165, 1.54) is 0 Å². The van der Waals surface area contributed by atoms with Gasteiger partial charge in [-0.25, -0.2) is 4.98 Å². The van der Waals surface area contributed by atoms with Gasteiger partial charge in [-0.2, -0.15) is 0 Å². The summed E-state index contributed by atoms with van der Waals surface area (Å²) in [6.45, 7) is 11.6. The average molecular weight is 297 g/mol. The lowest BCUT2D eigenvalue weighted by Crippen LogP contribution is -2.42. The number of allylic oxidation sites excluding steroid dienone is 1. The molecule has 0 spiro atoms. The third-order valence-electron chi connectivity index (χ3n) is 4.30. The standard InChI is InChI=1S/C18H23N3O/c1-5-10-20-15-9-7-6-8-14(15)19-17(20)13-11-16(22)21(12-13)18(2,3)4/h5-9,13H,1,10-12H2,2-4H3/t13-/m1/s1. The summed E-state index contributed by atoms with van der Waals surface area (Å²) in [5.41, 5.74) is 1.96. The molecular weight excluding hydrogens is 274 g/mol. The van der Waals surface area contributed by atoms with Crippen LogP contribution in [0.15, 0.2) is 36.9 Å². The Morgan fingerprint density at radius 1 is 1.36 bits per heavy atom. The smallest absolute Gasteiger partial charge is 0.223 e. The van der Waals surface area contributed by atoms with E-state index in [1.54, 1.807) is 0 Å². The number of hydrogen-bond donors (Lipinski definition) is 0. The Labute approximate surface area is 131 Å². The maximum absolute atomic E-state index is 12.4. The SMILES string of the molecule is C=CCn1c([C@@H]2CC(=O)N(C(C)(C)C)C2)nc2ccccc21. The molecule has 0 bridgehead atoms. The van der Waals surface area contributed by atoms with Gasteiger partial charge in [0, 0.05) is 31.0 Å². The third-order valence-corrected chi connectivity index (χ3v) is 4.30. The molecule has 1 saturated heterocycles. The lowest BCUT2D eigenvalue weighted by atomic mass is 10.1. The van der Waals surface area contributed by atoms with Crippen LogP contribution in [-0.4, -0.2) is 32.4 Å². The number of para-hydroxylation sites is 2. The highest BCUT2D eigenvalue weighted by Crippen LogP contribution is 2.33. The normalized spacial score (nSPS) is 19.1. The summed E-state index contributed by atoms with van der Waals surface area (Å²) >= 11 is 0. The van der Waals surface area contributed by atoms with Crippen LogP contribution >= 0.6 is 0 Å². The number of nitrogens with zero attached hydrogens (tertiary/aromatic N) is 3. The topological polar surface area (TPSA) is 38.1 Å². The van der Waals surface area contributed by atoms with Crippen molar-refractivity contribution < 1.29 is 4.79 Å². The fraction of sp³-hybridized carbons (Fsp3) is 0.444. The van der Waals surface area contributed by atoms with Gasteiger partial charge in [-0.3, -0.25) is 4.79 Å². The molecule has 2 aromatic rings. The van der Waals surface area contributed by atoms with Crippen molar-refractivity contribution in [3.63, 3.8) is 0 Å². The highest BCUT2D eigenvalue weighted by atomic mass is 16.2. The van der Waals surface area contributed by atoms with E-state index >= 15 is 0 Å². The van der Waals surface area contributed by atoms with Crippen LogP contribution in [0.2, 0.25) is 0 Å². The van der Waals surface area contributed by atoms with Crippen molar-refractivity contribution in [3.05, 3.63) is 42.7 Å².